The molecule has 32 heavy (non-hydrogen) atoms. The molecule has 0 aliphatic carbocycles. The Hall–Kier alpha value is -3.89. The van der Waals surface area contributed by atoms with Crippen molar-refractivity contribution >= 4 is 23.7 Å². The van der Waals surface area contributed by atoms with Gasteiger partial charge >= 0.3 is 0 Å². The van der Waals surface area contributed by atoms with Gasteiger partial charge in [0.2, 0.25) is 0 Å². The Labute approximate surface area is 189 Å². The molecular weight excluding hydrogens is 433 g/mol. The van der Waals surface area contributed by atoms with E-state index in [-0.39, 0.29) is 12.2 Å². The van der Waals surface area contributed by atoms with Crippen LogP contribution in [0.5, 0.6) is 11.5 Å². The summed E-state index contributed by atoms with van der Waals surface area (Å²) in [6.45, 7) is 2.47. The van der Waals surface area contributed by atoms with E-state index < -0.39 is 11.7 Å². The molecule has 0 radical (unpaired) electrons. The molecule has 3 aromatic rings. The van der Waals surface area contributed by atoms with Crippen molar-refractivity contribution in [3.8, 4) is 17.6 Å². The minimum absolute atomic E-state index is 0.243. The van der Waals surface area contributed by atoms with E-state index in [1.54, 1.807) is 36.4 Å². The molecule has 0 aromatic heterocycles. The lowest BCUT2D eigenvalue weighted by Gasteiger charge is -2.14. The molecule has 3 aromatic carbocycles. The molecule has 1 N–H and O–H groups in total. The number of nitrogens with zero attached hydrogens (tertiary/aromatic N) is 2. The molecule has 0 fully saturated rings. The molecule has 0 saturated carbocycles. The van der Waals surface area contributed by atoms with Gasteiger partial charge in [-0.1, -0.05) is 23.7 Å². The fraction of sp³-hybridized carbons (Fsp3) is 0.125. The first-order chi connectivity index (χ1) is 15.5. The highest BCUT2D eigenvalue weighted by atomic mass is 35.5. The van der Waals surface area contributed by atoms with Gasteiger partial charge in [0, 0.05) is 5.56 Å². The van der Waals surface area contributed by atoms with Crippen molar-refractivity contribution in [1.29, 1.82) is 5.26 Å². The van der Waals surface area contributed by atoms with Crippen LogP contribution in [0.2, 0.25) is 5.02 Å². The summed E-state index contributed by atoms with van der Waals surface area (Å²) in [7, 11) is 0. The van der Waals surface area contributed by atoms with E-state index in [1.165, 1.54) is 30.5 Å². The van der Waals surface area contributed by atoms with Crippen molar-refractivity contribution < 1.29 is 18.7 Å². The number of carbonyl (C=O) groups is 1. The zero-order valence-corrected chi connectivity index (χ0v) is 17.9. The number of nitriles is 1. The zero-order chi connectivity index (χ0) is 22.9. The fourth-order valence-electron chi connectivity index (χ4n) is 2.73. The summed E-state index contributed by atoms with van der Waals surface area (Å²) in [4.78, 5) is 12.1. The van der Waals surface area contributed by atoms with Gasteiger partial charge < -0.3 is 9.47 Å². The van der Waals surface area contributed by atoms with Crippen LogP contribution in [0.25, 0.3) is 0 Å². The maximum atomic E-state index is 13.0. The lowest BCUT2D eigenvalue weighted by Crippen LogP contribution is -2.17. The van der Waals surface area contributed by atoms with Gasteiger partial charge in [-0.25, -0.2) is 9.82 Å². The molecule has 6 nitrogen and oxygen atoms in total. The van der Waals surface area contributed by atoms with Crippen LogP contribution in [0.15, 0.2) is 65.8 Å². The summed E-state index contributed by atoms with van der Waals surface area (Å²) >= 11 is 6.40. The predicted molar refractivity (Wildman–Crippen MR) is 120 cm³/mol. The number of ether oxygens (including phenoxy) is 2. The number of nitrogens with one attached hydrogen (secondary N) is 1. The summed E-state index contributed by atoms with van der Waals surface area (Å²) in [6, 6.07) is 17.5. The van der Waals surface area contributed by atoms with Crippen molar-refractivity contribution in [2.75, 3.05) is 6.61 Å². The third-order valence-corrected chi connectivity index (χ3v) is 4.56. The molecule has 8 heteroatoms. The number of halogens is 2. The second-order valence-electron chi connectivity index (χ2n) is 6.57. The van der Waals surface area contributed by atoms with Gasteiger partial charge in [0.25, 0.3) is 5.91 Å². The Balaban J connectivity index is 1.71. The SMILES string of the molecule is CCOc1cc(/C=N\NC(=O)c2ccc(F)cc2)cc(Cl)c1OCc1ccc(C#N)cc1. The summed E-state index contributed by atoms with van der Waals surface area (Å²) in [5.74, 6) is -0.0882. The number of carbonyl (C=O) groups excluding carboxylic acids is 1. The molecular formula is C24H19ClFN3O3. The van der Waals surface area contributed by atoms with Gasteiger partial charge in [0.1, 0.15) is 12.4 Å². The van der Waals surface area contributed by atoms with Crippen LogP contribution in [0, 0.1) is 17.1 Å². The number of hydrazone groups is 1. The van der Waals surface area contributed by atoms with Gasteiger partial charge in [0.05, 0.1) is 29.5 Å². The van der Waals surface area contributed by atoms with E-state index in [9.17, 15) is 9.18 Å². The van der Waals surface area contributed by atoms with Crippen LogP contribution in [-0.2, 0) is 6.61 Å². The lowest BCUT2D eigenvalue weighted by atomic mass is 10.1. The van der Waals surface area contributed by atoms with Crippen molar-refractivity contribution in [2.45, 2.75) is 13.5 Å². The number of hydrogen-bond acceptors (Lipinski definition) is 5. The average Bonchev–Trinajstić information content (AvgIpc) is 2.79. The Bertz CT molecular complexity index is 1160. The Morgan fingerprint density at radius 2 is 1.88 bits per heavy atom. The summed E-state index contributed by atoms with van der Waals surface area (Å²) < 4.78 is 24.5. The van der Waals surface area contributed by atoms with Crippen LogP contribution in [0.1, 0.15) is 34.0 Å². The average molecular weight is 452 g/mol. The summed E-state index contributed by atoms with van der Waals surface area (Å²) in [5, 5.41) is 13.1. The number of benzene rings is 3. The van der Waals surface area contributed by atoms with E-state index in [0.717, 1.165) is 5.56 Å². The minimum atomic E-state index is -0.472. The molecule has 3 rings (SSSR count). The fourth-order valence-corrected chi connectivity index (χ4v) is 3.00. The molecule has 0 atom stereocenters. The first-order valence-corrected chi connectivity index (χ1v) is 10.0. The molecule has 0 unspecified atom stereocenters. The topological polar surface area (TPSA) is 83.7 Å². The van der Waals surface area contributed by atoms with Gasteiger partial charge in [-0.3, -0.25) is 4.79 Å². The smallest absolute Gasteiger partial charge is 0.271 e. The van der Waals surface area contributed by atoms with Gasteiger partial charge in [0.15, 0.2) is 11.5 Å². The number of rotatable bonds is 8. The van der Waals surface area contributed by atoms with Crippen LogP contribution >= 0.6 is 11.6 Å². The molecule has 162 valence electrons. The normalized spacial score (nSPS) is 10.6. The van der Waals surface area contributed by atoms with Crippen molar-refractivity contribution in [3.63, 3.8) is 0 Å². The molecule has 0 bridgehead atoms. The minimum Gasteiger partial charge on any atom is -0.490 e. The third-order valence-electron chi connectivity index (χ3n) is 4.28. The first kappa shape index (κ1) is 22.8. The van der Waals surface area contributed by atoms with E-state index in [4.69, 9.17) is 26.3 Å². The number of hydrogen-bond donors (Lipinski definition) is 1. The highest BCUT2D eigenvalue weighted by Gasteiger charge is 2.13. The summed E-state index contributed by atoms with van der Waals surface area (Å²) in [5.41, 5.74) is 4.68. The quantitative estimate of drug-likeness (QED) is 0.382. The predicted octanol–water partition coefficient (Wildman–Crippen LogP) is 5.09. The standard InChI is InChI=1S/C24H19ClFN3O3/c1-2-31-22-12-18(14-28-29-24(30)19-7-9-20(26)10-8-19)11-21(25)23(22)32-15-17-5-3-16(13-27)4-6-17/h3-12,14H,2,15H2,1H3,(H,29,30)/b28-14-. The third kappa shape index (κ3) is 6.06. The molecule has 1 amide bonds. The van der Waals surface area contributed by atoms with Gasteiger partial charge in [-0.05, 0) is 66.6 Å². The van der Waals surface area contributed by atoms with E-state index in [1.807, 2.05) is 6.92 Å². The maximum absolute atomic E-state index is 13.0. The van der Waals surface area contributed by atoms with E-state index in [2.05, 4.69) is 16.6 Å². The highest BCUT2D eigenvalue weighted by molar-refractivity contribution is 6.32. The first-order valence-electron chi connectivity index (χ1n) is 9.67. The second-order valence-corrected chi connectivity index (χ2v) is 6.97. The Morgan fingerprint density at radius 1 is 1.16 bits per heavy atom. The van der Waals surface area contributed by atoms with Gasteiger partial charge in [-0.15, -0.1) is 0 Å². The summed E-state index contributed by atoms with van der Waals surface area (Å²) in [6.07, 6.45) is 1.42. The van der Waals surface area contributed by atoms with Crippen LogP contribution in [0.4, 0.5) is 4.39 Å². The lowest BCUT2D eigenvalue weighted by molar-refractivity contribution is 0.0955. The van der Waals surface area contributed by atoms with Crippen LogP contribution < -0.4 is 14.9 Å². The van der Waals surface area contributed by atoms with Crippen molar-refractivity contribution in [2.24, 2.45) is 5.10 Å². The maximum Gasteiger partial charge on any atom is 0.271 e. The van der Waals surface area contributed by atoms with Crippen molar-refractivity contribution in [3.05, 3.63) is 93.8 Å². The number of amides is 1. The van der Waals surface area contributed by atoms with E-state index >= 15 is 0 Å². The molecule has 0 saturated heterocycles. The van der Waals surface area contributed by atoms with E-state index in [0.29, 0.717) is 34.3 Å². The molecule has 0 heterocycles. The molecule has 0 aliphatic heterocycles. The highest BCUT2D eigenvalue weighted by Crippen LogP contribution is 2.37. The van der Waals surface area contributed by atoms with Gasteiger partial charge in [-0.2, -0.15) is 10.4 Å². The Morgan fingerprint density at radius 3 is 2.53 bits per heavy atom. The molecule has 0 spiro atoms. The van der Waals surface area contributed by atoms with Crippen LogP contribution in [0.3, 0.4) is 0 Å². The van der Waals surface area contributed by atoms with Crippen molar-refractivity contribution in [1.82, 2.24) is 5.43 Å². The second kappa shape index (κ2) is 10.9. The monoisotopic (exact) mass is 451 g/mol. The van der Waals surface area contributed by atoms with Crippen LogP contribution in [-0.4, -0.2) is 18.7 Å². The Kier molecular flexibility index (Phi) is 7.79. The molecule has 0 aliphatic rings. The zero-order valence-electron chi connectivity index (χ0n) is 17.1. The largest absolute Gasteiger partial charge is 0.490 e.